The molecule has 35 heavy (non-hydrogen) atoms. The monoisotopic (exact) mass is 470 g/mol. The van der Waals surface area contributed by atoms with Gasteiger partial charge in [-0.3, -0.25) is 9.80 Å². The second-order valence-corrected chi connectivity index (χ2v) is 11.1. The lowest BCUT2D eigenvalue weighted by molar-refractivity contribution is -0.0250. The minimum absolute atomic E-state index is 0.261. The van der Waals surface area contributed by atoms with E-state index in [0.29, 0.717) is 0 Å². The Morgan fingerprint density at radius 1 is 0.771 bits per heavy atom. The number of nitrogens with zero attached hydrogens (tertiary/aromatic N) is 2. The molecule has 0 spiro atoms. The van der Waals surface area contributed by atoms with Gasteiger partial charge in [-0.15, -0.1) is 0 Å². The number of benzene rings is 3. The minimum Gasteiger partial charge on any atom is -0.490 e. The maximum absolute atomic E-state index is 6.56. The molecular formula is C31H38N2O2. The summed E-state index contributed by atoms with van der Waals surface area (Å²) in [6.45, 7) is 6.56. The zero-order chi connectivity index (χ0) is 24.5. The van der Waals surface area contributed by atoms with Gasteiger partial charge < -0.3 is 9.47 Å². The zero-order valence-electron chi connectivity index (χ0n) is 21.5. The Bertz CT molecular complexity index is 1110. The van der Waals surface area contributed by atoms with Gasteiger partial charge in [-0.05, 0) is 88.3 Å². The molecule has 3 aromatic carbocycles. The largest absolute Gasteiger partial charge is 0.490 e. The molecule has 5 rings (SSSR count). The second kappa shape index (κ2) is 9.67. The minimum atomic E-state index is 0.261. The van der Waals surface area contributed by atoms with Crippen molar-refractivity contribution in [3.8, 4) is 17.2 Å². The van der Waals surface area contributed by atoms with E-state index in [0.717, 1.165) is 43.2 Å². The van der Waals surface area contributed by atoms with Gasteiger partial charge in [-0.2, -0.15) is 0 Å². The molecule has 0 radical (unpaired) electrons. The van der Waals surface area contributed by atoms with Crippen LogP contribution in [-0.4, -0.2) is 41.1 Å². The lowest BCUT2D eigenvalue weighted by Crippen LogP contribution is -2.57. The molecule has 0 aliphatic carbocycles. The average Bonchev–Trinajstić information content (AvgIpc) is 2.96. The van der Waals surface area contributed by atoms with Crippen LogP contribution in [0.15, 0.2) is 78.9 Å². The molecule has 4 nitrogen and oxygen atoms in total. The smallest absolute Gasteiger partial charge is 0.127 e. The van der Waals surface area contributed by atoms with Gasteiger partial charge >= 0.3 is 0 Å². The number of rotatable bonds is 8. The number of para-hydroxylation sites is 1. The second-order valence-electron chi connectivity index (χ2n) is 11.1. The quantitative estimate of drug-likeness (QED) is 0.358. The molecule has 2 heterocycles. The third-order valence-electron chi connectivity index (χ3n) is 8.16. The van der Waals surface area contributed by atoms with Crippen LogP contribution < -0.4 is 9.47 Å². The molecule has 2 fully saturated rings. The van der Waals surface area contributed by atoms with Crippen LogP contribution in [0.2, 0.25) is 0 Å². The molecule has 0 aromatic heterocycles. The van der Waals surface area contributed by atoms with E-state index in [9.17, 15) is 0 Å². The summed E-state index contributed by atoms with van der Waals surface area (Å²) < 4.78 is 12.5. The van der Waals surface area contributed by atoms with Crippen LogP contribution in [0, 0.1) is 0 Å². The first-order valence-corrected chi connectivity index (χ1v) is 12.8. The van der Waals surface area contributed by atoms with Crippen molar-refractivity contribution >= 4 is 0 Å². The molecule has 3 aromatic rings. The molecule has 0 saturated carbocycles. The predicted octanol–water partition coefficient (Wildman–Crippen LogP) is 6.90. The van der Waals surface area contributed by atoms with Crippen molar-refractivity contribution in [2.75, 3.05) is 14.1 Å². The summed E-state index contributed by atoms with van der Waals surface area (Å²) in [5.74, 6) is 2.72. The maximum atomic E-state index is 6.56. The van der Waals surface area contributed by atoms with Gasteiger partial charge in [0.2, 0.25) is 0 Å². The Balaban J connectivity index is 1.16. The Hall–Kier alpha value is -2.82. The van der Waals surface area contributed by atoms with Crippen molar-refractivity contribution < 1.29 is 9.47 Å². The summed E-state index contributed by atoms with van der Waals surface area (Å²) in [7, 11) is 4.46. The molecule has 0 amide bonds. The third-order valence-corrected chi connectivity index (χ3v) is 8.16. The lowest BCUT2D eigenvalue weighted by Gasteiger charge is -2.49. The van der Waals surface area contributed by atoms with Crippen LogP contribution in [0.1, 0.15) is 50.7 Å². The predicted molar refractivity (Wildman–Crippen MR) is 142 cm³/mol. The zero-order valence-corrected chi connectivity index (χ0v) is 21.5. The molecule has 2 saturated heterocycles. The number of hydrogen-bond donors (Lipinski definition) is 0. The van der Waals surface area contributed by atoms with E-state index in [1.165, 1.54) is 24.0 Å². The van der Waals surface area contributed by atoms with Crippen molar-refractivity contribution in [1.29, 1.82) is 0 Å². The van der Waals surface area contributed by atoms with Crippen molar-refractivity contribution in [3.63, 3.8) is 0 Å². The van der Waals surface area contributed by atoms with Crippen LogP contribution in [0.4, 0.5) is 0 Å². The highest BCUT2D eigenvalue weighted by atomic mass is 16.5. The normalized spacial score (nSPS) is 26.1. The van der Waals surface area contributed by atoms with Crippen LogP contribution >= 0.6 is 0 Å². The summed E-state index contributed by atoms with van der Waals surface area (Å²) in [5.41, 5.74) is 3.07. The third kappa shape index (κ3) is 5.39. The molecule has 184 valence electrons. The Labute approximate surface area is 210 Å². The highest BCUT2D eigenvalue weighted by Gasteiger charge is 2.54. The van der Waals surface area contributed by atoms with E-state index < -0.39 is 0 Å². The summed E-state index contributed by atoms with van der Waals surface area (Å²) in [4.78, 5) is 4.94. The number of hydrogen-bond acceptors (Lipinski definition) is 4. The van der Waals surface area contributed by atoms with E-state index in [2.05, 4.69) is 74.1 Å². The number of ether oxygens (including phenoxy) is 2. The molecule has 2 aliphatic heterocycles. The Morgan fingerprint density at radius 2 is 1.37 bits per heavy atom. The molecule has 4 heteroatoms. The van der Waals surface area contributed by atoms with E-state index in [-0.39, 0.29) is 17.2 Å². The van der Waals surface area contributed by atoms with E-state index in [1.807, 2.05) is 42.5 Å². The lowest BCUT2D eigenvalue weighted by atomic mass is 9.84. The first-order chi connectivity index (χ1) is 16.8. The summed E-state index contributed by atoms with van der Waals surface area (Å²) in [5, 5.41) is 0. The fourth-order valence-corrected chi connectivity index (χ4v) is 6.02. The highest BCUT2D eigenvalue weighted by molar-refractivity contribution is 5.33. The Kier molecular flexibility index (Phi) is 6.61. The van der Waals surface area contributed by atoms with Crippen LogP contribution in [0.25, 0.3) is 0 Å². The molecule has 0 N–H and O–H groups in total. The van der Waals surface area contributed by atoms with Crippen LogP contribution in [0.5, 0.6) is 17.2 Å². The number of fused-ring (bicyclic) bond motifs is 2. The van der Waals surface area contributed by atoms with Crippen molar-refractivity contribution in [2.45, 2.75) is 69.8 Å². The van der Waals surface area contributed by atoms with Gasteiger partial charge in [0.25, 0.3) is 0 Å². The Morgan fingerprint density at radius 3 is 2.06 bits per heavy atom. The van der Waals surface area contributed by atoms with Crippen molar-refractivity contribution in [2.24, 2.45) is 0 Å². The van der Waals surface area contributed by atoms with Gasteiger partial charge in [0.15, 0.2) is 0 Å². The van der Waals surface area contributed by atoms with Gasteiger partial charge in [-0.1, -0.05) is 42.5 Å². The van der Waals surface area contributed by atoms with Gasteiger partial charge in [0.1, 0.15) is 23.4 Å². The SMILES string of the molecule is CN(Cc1ccc(Oc2ccccc2)cc1)Cc1cccc(OC2C[C@]3(C)CC[C@](C)(C2)N3C)c1. The topological polar surface area (TPSA) is 24.9 Å². The van der Waals surface area contributed by atoms with E-state index >= 15 is 0 Å². The standard InChI is InChI=1S/C31H38N2O2/c1-30-17-18-31(2,33(30)4)21-29(20-30)35-28-12-8-9-25(19-28)23-32(3)22-24-13-15-27(16-14-24)34-26-10-6-5-7-11-26/h5-16,19,29H,17-18,20-23H2,1-4H3/t29?,30-,31+. The fourth-order valence-electron chi connectivity index (χ4n) is 6.02. The first-order valence-electron chi connectivity index (χ1n) is 12.8. The van der Waals surface area contributed by atoms with Gasteiger partial charge in [0.05, 0.1) is 0 Å². The van der Waals surface area contributed by atoms with E-state index in [4.69, 9.17) is 9.47 Å². The summed E-state index contributed by atoms with van der Waals surface area (Å²) in [6, 6.07) is 26.9. The van der Waals surface area contributed by atoms with Crippen LogP contribution in [-0.2, 0) is 13.1 Å². The molecule has 2 bridgehead atoms. The van der Waals surface area contributed by atoms with Crippen molar-refractivity contribution in [1.82, 2.24) is 9.80 Å². The molecule has 2 aliphatic rings. The highest BCUT2D eigenvalue weighted by Crippen LogP contribution is 2.50. The molecular weight excluding hydrogens is 432 g/mol. The van der Waals surface area contributed by atoms with Gasteiger partial charge in [-0.25, -0.2) is 0 Å². The van der Waals surface area contributed by atoms with Crippen molar-refractivity contribution in [3.05, 3.63) is 90.0 Å². The fraction of sp³-hybridized carbons (Fsp3) is 0.419. The summed E-state index contributed by atoms with van der Waals surface area (Å²) >= 11 is 0. The maximum Gasteiger partial charge on any atom is 0.127 e. The molecule has 1 unspecified atom stereocenters. The van der Waals surface area contributed by atoms with Gasteiger partial charge in [0, 0.05) is 37.0 Å². The van der Waals surface area contributed by atoms with E-state index in [1.54, 1.807) is 0 Å². The average molecular weight is 471 g/mol. The number of piperidine rings is 1. The molecule has 3 atom stereocenters. The van der Waals surface area contributed by atoms with Crippen LogP contribution in [0.3, 0.4) is 0 Å². The first kappa shape index (κ1) is 23.9. The summed E-state index contributed by atoms with van der Waals surface area (Å²) in [6.07, 6.45) is 5.03.